The normalized spacial score (nSPS) is 13.6. The highest BCUT2D eigenvalue weighted by Gasteiger charge is 2.28. The fourth-order valence-electron chi connectivity index (χ4n) is 4.89. The maximum absolute atomic E-state index is 13.7. The summed E-state index contributed by atoms with van der Waals surface area (Å²) in [6.45, 7) is 6.88. The Labute approximate surface area is 225 Å². The van der Waals surface area contributed by atoms with Crippen LogP contribution >= 0.6 is 24.8 Å². The summed E-state index contributed by atoms with van der Waals surface area (Å²) in [4.78, 5) is 25.5. The van der Waals surface area contributed by atoms with E-state index in [1.807, 2.05) is 36.2 Å². The molecule has 0 fully saturated rings. The third-order valence-corrected chi connectivity index (χ3v) is 6.78. The van der Waals surface area contributed by atoms with Gasteiger partial charge in [-0.1, -0.05) is 60.7 Å². The highest BCUT2D eigenvalue weighted by atomic mass is 35.5. The first-order valence-electron chi connectivity index (χ1n) is 11.8. The summed E-state index contributed by atoms with van der Waals surface area (Å²) in [5.41, 5.74) is 8.01. The van der Waals surface area contributed by atoms with Crippen molar-refractivity contribution in [2.45, 2.75) is 32.9 Å². The maximum atomic E-state index is 13.7. The van der Waals surface area contributed by atoms with Gasteiger partial charge >= 0.3 is 0 Å². The lowest BCUT2D eigenvalue weighted by molar-refractivity contribution is -0.132. The minimum Gasteiger partial charge on any atom is -0.364 e. The van der Waals surface area contributed by atoms with E-state index in [4.69, 9.17) is 0 Å². The molecule has 1 aliphatic rings. The lowest BCUT2D eigenvalue weighted by Gasteiger charge is -2.26. The van der Waals surface area contributed by atoms with Crippen molar-refractivity contribution in [1.29, 1.82) is 0 Å². The number of fused-ring (bicyclic) bond motifs is 1. The number of imidazole rings is 1. The van der Waals surface area contributed by atoms with E-state index in [0.717, 1.165) is 29.9 Å². The van der Waals surface area contributed by atoms with Gasteiger partial charge in [0.2, 0.25) is 5.91 Å². The SMILES string of the molecule is Cc1ccccc1C(C)C(=O)N1CCN(Cc2cnc[nH]2)c2ccc(-c3ccccc3)cc2C1.Cl.Cl. The molecule has 0 saturated heterocycles. The number of hydrogen-bond acceptors (Lipinski definition) is 3. The minimum absolute atomic E-state index is 0. The maximum Gasteiger partial charge on any atom is 0.230 e. The Morgan fingerprint density at radius 3 is 2.44 bits per heavy atom. The number of anilines is 1. The third-order valence-electron chi connectivity index (χ3n) is 6.78. The van der Waals surface area contributed by atoms with E-state index < -0.39 is 0 Å². The number of aromatic nitrogens is 2. The molecular weight excluding hydrogens is 491 g/mol. The van der Waals surface area contributed by atoms with Crippen LogP contribution in [0.4, 0.5) is 5.69 Å². The van der Waals surface area contributed by atoms with Crippen LogP contribution in [-0.4, -0.2) is 33.9 Å². The van der Waals surface area contributed by atoms with Gasteiger partial charge in [-0.2, -0.15) is 0 Å². The smallest absolute Gasteiger partial charge is 0.230 e. The van der Waals surface area contributed by atoms with Crippen LogP contribution in [0.1, 0.15) is 35.2 Å². The van der Waals surface area contributed by atoms with Crippen LogP contribution in [0.5, 0.6) is 0 Å². The summed E-state index contributed by atoms with van der Waals surface area (Å²) in [6, 6.07) is 25.2. The molecule has 3 aromatic carbocycles. The Bertz CT molecular complexity index is 1280. The van der Waals surface area contributed by atoms with Gasteiger partial charge in [0, 0.05) is 31.5 Å². The molecule has 1 atom stereocenters. The second kappa shape index (κ2) is 12.1. The molecule has 36 heavy (non-hydrogen) atoms. The Hall–Kier alpha value is -3.28. The second-order valence-electron chi connectivity index (χ2n) is 9.05. The average molecular weight is 524 g/mol. The monoisotopic (exact) mass is 522 g/mol. The molecule has 188 valence electrons. The van der Waals surface area contributed by atoms with Gasteiger partial charge in [0.25, 0.3) is 0 Å². The zero-order chi connectivity index (χ0) is 23.5. The summed E-state index contributed by atoms with van der Waals surface area (Å²) in [7, 11) is 0. The lowest BCUT2D eigenvalue weighted by Crippen LogP contribution is -2.37. The quantitative estimate of drug-likeness (QED) is 0.330. The van der Waals surface area contributed by atoms with Crippen molar-refractivity contribution in [2.24, 2.45) is 0 Å². The number of hydrogen-bond donors (Lipinski definition) is 1. The minimum atomic E-state index is -0.180. The molecule has 2 heterocycles. The summed E-state index contributed by atoms with van der Waals surface area (Å²) >= 11 is 0. The molecule has 0 spiro atoms. The van der Waals surface area contributed by atoms with Gasteiger partial charge < -0.3 is 14.8 Å². The second-order valence-corrected chi connectivity index (χ2v) is 9.05. The Kier molecular flexibility index (Phi) is 9.19. The molecule has 1 aromatic heterocycles. The van der Waals surface area contributed by atoms with Gasteiger partial charge in [0.15, 0.2) is 0 Å². The van der Waals surface area contributed by atoms with Crippen LogP contribution in [0.25, 0.3) is 11.1 Å². The first kappa shape index (κ1) is 27.3. The first-order valence-corrected chi connectivity index (χ1v) is 11.8. The molecule has 1 N–H and O–H groups in total. The fourth-order valence-corrected chi connectivity index (χ4v) is 4.89. The van der Waals surface area contributed by atoms with Crippen molar-refractivity contribution in [3.63, 3.8) is 0 Å². The molecule has 5 rings (SSSR count). The Morgan fingerprint density at radius 2 is 1.72 bits per heavy atom. The fraction of sp³-hybridized carbons (Fsp3) is 0.241. The van der Waals surface area contributed by atoms with Crippen LogP contribution < -0.4 is 4.90 Å². The molecule has 5 nitrogen and oxygen atoms in total. The molecule has 0 saturated carbocycles. The van der Waals surface area contributed by atoms with E-state index in [2.05, 4.69) is 76.4 Å². The first-order chi connectivity index (χ1) is 16.6. The van der Waals surface area contributed by atoms with Crippen molar-refractivity contribution < 1.29 is 4.79 Å². The predicted molar refractivity (Wildman–Crippen MR) is 151 cm³/mol. The zero-order valence-electron chi connectivity index (χ0n) is 20.6. The van der Waals surface area contributed by atoms with Crippen LogP contribution in [0.15, 0.2) is 85.3 Å². The van der Waals surface area contributed by atoms with Crippen molar-refractivity contribution in [3.8, 4) is 11.1 Å². The van der Waals surface area contributed by atoms with E-state index in [1.54, 1.807) is 6.33 Å². The average Bonchev–Trinajstić information content (AvgIpc) is 3.32. The highest BCUT2D eigenvalue weighted by Crippen LogP contribution is 2.32. The van der Waals surface area contributed by atoms with Gasteiger partial charge in [-0.25, -0.2) is 4.98 Å². The van der Waals surface area contributed by atoms with Gasteiger partial charge in [-0.3, -0.25) is 4.79 Å². The largest absolute Gasteiger partial charge is 0.364 e. The van der Waals surface area contributed by atoms with E-state index >= 15 is 0 Å². The third kappa shape index (κ3) is 5.75. The van der Waals surface area contributed by atoms with E-state index in [0.29, 0.717) is 13.1 Å². The van der Waals surface area contributed by atoms with Crippen LogP contribution in [0.2, 0.25) is 0 Å². The summed E-state index contributed by atoms with van der Waals surface area (Å²) in [5, 5.41) is 0. The van der Waals surface area contributed by atoms with Crippen molar-refractivity contribution >= 4 is 36.4 Å². The number of halogens is 2. The number of benzene rings is 3. The molecule has 1 amide bonds. The number of rotatable bonds is 5. The number of nitrogens with one attached hydrogen (secondary N) is 1. The zero-order valence-corrected chi connectivity index (χ0v) is 22.2. The standard InChI is InChI=1S/C29H30N4O.2ClH/c1-21-8-6-7-11-27(21)22(2)29(34)33-15-14-32(19-26-17-30-20-31-26)28-13-12-24(16-25(28)18-33)23-9-4-3-5-10-23;;/h3-13,16-17,20,22H,14-15,18-19H2,1-2H3,(H,30,31);2*1H. The summed E-state index contributed by atoms with van der Waals surface area (Å²) in [6.07, 6.45) is 3.58. The molecule has 4 aromatic rings. The number of nitrogens with zero attached hydrogens (tertiary/aromatic N) is 3. The number of H-pyrrole nitrogens is 1. The van der Waals surface area contributed by atoms with Crippen molar-refractivity contribution in [3.05, 3.63) is 108 Å². The Balaban J connectivity index is 0.00000180. The predicted octanol–water partition coefficient (Wildman–Crippen LogP) is 6.38. The molecule has 1 unspecified atom stereocenters. The summed E-state index contributed by atoms with van der Waals surface area (Å²) < 4.78 is 0. The van der Waals surface area contributed by atoms with Gasteiger partial charge in [0.1, 0.15) is 0 Å². The molecule has 0 aliphatic carbocycles. The van der Waals surface area contributed by atoms with E-state index in [9.17, 15) is 4.79 Å². The molecule has 7 heteroatoms. The number of aryl methyl sites for hydroxylation is 1. The van der Waals surface area contributed by atoms with E-state index in [-0.39, 0.29) is 36.6 Å². The lowest BCUT2D eigenvalue weighted by atomic mass is 9.95. The Morgan fingerprint density at radius 1 is 0.972 bits per heavy atom. The summed E-state index contributed by atoms with van der Waals surface area (Å²) in [5.74, 6) is -0.00475. The van der Waals surface area contributed by atoms with Crippen molar-refractivity contribution in [1.82, 2.24) is 14.9 Å². The van der Waals surface area contributed by atoms with Crippen LogP contribution in [0, 0.1) is 6.92 Å². The highest BCUT2D eigenvalue weighted by molar-refractivity contribution is 5.86. The number of aromatic amines is 1. The van der Waals surface area contributed by atoms with Gasteiger partial charge in [0.05, 0.1) is 24.5 Å². The topological polar surface area (TPSA) is 52.2 Å². The molecule has 1 aliphatic heterocycles. The van der Waals surface area contributed by atoms with Crippen LogP contribution in [-0.2, 0) is 17.9 Å². The molecule has 0 bridgehead atoms. The van der Waals surface area contributed by atoms with Gasteiger partial charge in [-0.15, -0.1) is 24.8 Å². The number of amides is 1. The molecule has 0 radical (unpaired) electrons. The number of carbonyl (C=O) groups excluding carboxylic acids is 1. The van der Waals surface area contributed by atoms with Gasteiger partial charge in [-0.05, 0) is 53.8 Å². The van der Waals surface area contributed by atoms with Crippen molar-refractivity contribution in [2.75, 3.05) is 18.0 Å². The van der Waals surface area contributed by atoms with Crippen LogP contribution in [0.3, 0.4) is 0 Å². The van der Waals surface area contributed by atoms with E-state index in [1.165, 1.54) is 22.4 Å². The number of carbonyl (C=O) groups is 1. The molecular formula is C29H32Cl2N4O.